The molecule has 0 aliphatic carbocycles. The van der Waals surface area contributed by atoms with Gasteiger partial charge in [0.25, 0.3) is 5.91 Å². The van der Waals surface area contributed by atoms with E-state index in [4.69, 9.17) is 4.74 Å². The summed E-state index contributed by atoms with van der Waals surface area (Å²) in [5, 5.41) is 2.93. The SMILES string of the molecule is COc1cccnc1-c1ccc(C(=O)Nc2ccc(C(C)C)cc2)cc1. The number of amides is 1. The molecule has 26 heavy (non-hydrogen) atoms. The van der Waals surface area contributed by atoms with Gasteiger partial charge in [-0.15, -0.1) is 0 Å². The molecule has 0 spiro atoms. The maximum absolute atomic E-state index is 12.5. The topological polar surface area (TPSA) is 51.2 Å². The lowest BCUT2D eigenvalue weighted by Crippen LogP contribution is -2.11. The number of anilines is 1. The van der Waals surface area contributed by atoms with Crippen LogP contribution in [0.2, 0.25) is 0 Å². The van der Waals surface area contributed by atoms with Crippen LogP contribution < -0.4 is 10.1 Å². The maximum Gasteiger partial charge on any atom is 0.255 e. The summed E-state index contributed by atoms with van der Waals surface area (Å²) in [5.41, 5.74) is 4.29. The summed E-state index contributed by atoms with van der Waals surface area (Å²) in [7, 11) is 1.62. The van der Waals surface area contributed by atoms with E-state index in [0.29, 0.717) is 17.2 Å². The van der Waals surface area contributed by atoms with Crippen molar-refractivity contribution in [2.45, 2.75) is 19.8 Å². The third kappa shape index (κ3) is 3.91. The first kappa shape index (κ1) is 17.7. The number of aromatic nitrogens is 1. The third-order valence-corrected chi connectivity index (χ3v) is 4.25. The van der Waals surface area contributed by atoms with Gasteiger partial charge in [-0.1, -0.05) is 38.1 Å². The van der Waals surface area contributed by atoms with Crippen LogP contribution in [0, 0.1) is 0 Å². The van der Waals surface area contributed by atoms with Crippen LogP contribution >= 0.6 is 0 Å². The minimum absolute atomic E-state index is 0.137. The Balaban J connectivity index is 1.74. The first-order valence-corrected chi connectivity index (χ1v) is 8.59. The van der Waals surface area contributed by atoms with Crippen LogP contribution in [0.5, 0.6) is 5.75 Å². The molecule has 1 heterocycles. The predicted octanol–water partition coefficient (Wildman–Crippen LogP) is 5.13. The van der Waals surface area contributed by atoms with Gasteiger partial charge in [0, 0.05) is 23.0 Å². The van der Waals surface area contributed by atoms with Crippen molar-refractivity contribution in [3.8, 4) is 17.0 Å². The van der Waals surface area contributed by atoms with Crippen LogP contribution in [-0.4, -0.2) is 18.0 Å². The fraction of sp³-hybridized carbons (Fsp3) is 0.182. The summed E-state index contributed by atoms with van der Waals surface area (Å²) in [6.45, 7) is 4.29. The molecule has 0 unspecified atom stereocenters. The van der Waals surface area contributed by atoms with Gasteiger partial charge in [0.1, 0.15) is 11.4 Å². The van der Waals surface area contributed by atoms with Gasteiger partial charge in [0.2, 0.25) is 0 Å². The highest BCUT2D eigenvalue weighted by molar-refractivity contribution is 6.04. The van der Waals surface area contributed by atoms with Gasteiger partial charge in [-0.25, -0.2) is 0 Å². The monoisotopic (exact) mass is 346 g/mol. The zero-order valence-corrected chi connectivity index (χ0v) is 15.2. The van der Waals surface area contributed by atoms with E-state index in [1.165, 1.54) is 5.56 Å². The summed E-state index contributed by atoms with van der Waals surface area (Å²) in [5.74, 6) is 1.03. The van der Waals surface area contributed by atoms with Crippen LogP contribution in [0.15, 0.2) is 66.9 Å². The molecule has 0 atom stereocenters. The quantitative estimate of drug-likeness (QED) is 0.696. The molecular formula is C22H22N2O2. The number of carbonyl (C=O) groups is 1. The molecule has 0 fully saturated rings. The molecule has 0 saturated heterocycles. The van der Waals surface area contributed by atoms with Crippen molar-refractivity contribution in [1.29, 1.82) is 0 Å². The van der Waals surface area contributed by atoms with Crippen molar-refractivity contribution in [3.05, 3.63) is 78.0 Å². The van der Waals surface area contributed by atoms with E-state index in [-0.39, 0.29) is 5.91 Å². The molecule has 0 radical (unpaired) electrons. The van der Waals surface area contributed by atoms with Crippen molar-refractivity contribution in [1.82, 2.24) is 4.98 Å². The van der Waals surface area contributed by atoms with Gasteiger partial charge in [-0.05, 0) is 47.9 Å². The number of hydrogen-bond acceptors (Lipinski definition) is 3. The van der Waals surface area contributed by atoms with E-state index in [1.54, 1.807) is 25.4 Å². The van der Waals surface area contributed by atoms with Gasteiger partial charge < -0.3 is 10.1 Å². The van der Waals surface area contributed by atoms with E-state index >= 15 is 0 Å². The van der Waals surface area contributed by atoms with Gasteiger partial charge >= 0.3 is 0 Å². The standard InChI is InChI=1S/C22H22N2O2/c1-15(2)16-10-12-19(13-11-16)24-22(25)18-8-6-17(7-9-18)21-20(26-3)5-4-14-23-21/h4-15H,1-3H3,(H,24,25). The molecule has 1 aromatic heterocycles. The fourth-order valence-corrected chi connectivity index (χ4v) is 2.71. The largest absolute Gasteiger partial charge is 0.494 e. The van der Waals surface area contributed by atoms with Gasteiger partial charge in [-0.3, -0.25) is 9.78 Å². The number of nitrogens with one attached hydrogen (secondary N) is 1. The van der Waals surface area contributed by atoms with Crippen LogP contribution in [0.1, 0.15) is 35.7 Å². The summed E-state index contributed by atoms with van der Waals surface area (Å²) in [6, 6.07) is 19.0. The predicted molar refractivity (Wildman–Crippen MR) is 105 cm³/mol. The van der Waals surface area contributed by atoms with Crippen LogP contribution in [-0.2, 0) is 0 Å². The molecule has 3 rings (SSSR count). The number of nitrogens with zero attached hydrogens (tertiary/aromatic N) is 1. The number of carbonyl (C=O) groups excluding carboxylic acids is 1. The highest BCUT2D eigenvalue weighted by Crippen LogP contribution is 2.27. The molecule has 132 valence electrons. The molecule has 1 N–H and O–H groups in total. The van der Waals surface area contributed by atoms with E-state index in [1.807, 2.05) is 48.5 Å². The van der Waals surface area contributed by atoms with Crippen molar-refractivity contribution >= 4 is 11.6 Å². The molecule has 1 amide bonds. The Bertz CT molecular complexity index is 885. The Hall–Kier alpha value is -3.14. The van der Waals surface area contributed by atoms with Crippen molar-refractivity contribution in [3.63, 3.8) is 0 Å². The van der Waals surface area contributed by atoms with Crippen molar-refractivity contribution < 1.29 is 9.53 Å². The molecule has 4 nitrogen and oxygen atoms in total. The lowest BCUT2D eigenvalue weighted by molar-refractivity contribution is 0.102. The summed E-state index contributed by atoms with van der Waals surface area (Å²) in [6.07, 6.45) is 1.72. The number of rotatable bonds is 5. The van der Waals surface area contributed by atoms with Crippen molar-refractivity contribution in [2.75, 3.05) is 12.4 Å². The first-order chi connectivity index (χ1) is 12.6. The van der Waals surface area contributed by atoms with E-state index in [9.17, 15) is 4.79 Å². The zero-order chi connectivity index (χ0) is 18.5. The molecule has 0 bridgehead atoms. The highest BCUT2D eigenvalue weighted by Gasteiger charge is 2.10. The Labute approximate surface area is 153 Å². The number of hydrogen-bond donors (Lipinski definition) is 1. The zero-order valence-electron chi connectivity index (χ0n) is 15.2. The molecule has 0 saturated carbocycles. The second-order valence-electron chi connectivity index (χ2n) is 6.36. The Morgan fingerprint density at radius 2 is 1.69 bits per heavy atom. The van der Waals surface area contributed by atoms with E-state index < -0.39 is 0 Å². The molecule has 3 aromatic rings. The average molecular weight is 346 g/mol. The van der Waals surface area contributed by atoms with Crippen molar-refractivity contribution in [2.24, 2.45) is 0 Å². The van der Waals surface area contributed by atoms with Gasteiger partial charge in [0.15, 0.2) is 0 Å². The van der Waals surface area contributed by atoms with E-state index in [2.05, 4.69) is 24.1 Å². The first-order valence-electron chi connectivity index (χ1n) is 8.59. The molecular weight excluding hydrogens is 324 g/mol. The number of ether oxygens (including phenoxy) is 1. The molecule has 0 aliphatic heterocycles. The normalized spacial score (nSPS) is 10.6. The number of benzene rings is 2. The van der Waals surface area contributed by atoms with Crippen LogP contribution in [0.25, 0.3) is 11.3 Å². The smallest absolute Gasteiger partial charge is 0.255 e. The van der Waals surface area contributed by atoms with Crippen LogP contribution in [0.3, 0.4) is 0 Å². The molecule has 4 heteroatoms. The Kier molecular flexibility index (Phi) is 5.32. The number of pyridine rings is 1. The summed E-state index contributed by atoms with van der Waals surface area (Å²) >= 11 is 0. The summed E-state index contributed by atoms with van der Waals surface area (Å²) < 4.78 is 5.34. The van der Waals surface area contributed by atoms with Gasteiger partial charge in [-0.2, -0.15) is 0 Å². The molecule has 2 aromatic carbocycles. The highest BCUT2D eigenvalue weighted by atomic mass is 16.5. The fourth-order valence-electron chi connectivity index (χ4n) is 2.71. The minimum atomic E-state index is -0.137. The Morgan fingerprint density at radius 1 is 1.00 bits per heavy atom. The lowest BCUT2D eigenvalue weighted by atomic mass is 10.0. The summed E-state index contributed by atoms with van der Waals surface area (Å²) in [4.78, 5) is 16.8. The van der Waals surface area contributed by atoms with E-state index in [0.717, 1.165) is 16.9 Å². The second-order valence-corrected chi connectivity index (χ2v) is 6.36. The van der Waals surface area contributed by atoms with Gasteiger partial charge in [0.05, 0.1) is 7.11 Å². The maximum atomic E-state index is 12.5. The van der Waals surface area contributed by atoms with Crippen LogP contribution in [0.4, 0.5) is 5.69 Å². The number of methoxy groups -OCH3 is 1. The second kappa shape index (κ2) is 7.83. The lowest BCUT2D eigenvalue weighted by Gasteiger charge is -2.10. The average Bonchev–Trinajstić information content (AvgIpc) is 2.68. The molecule has 0 aliphatic rings. The minimum Gasteiger partial charge on any atom is -0.494 e. The third-order valence-electron chi connectivity index (χ3n) is 4.25. The Morgan fingerprint density at radius 3 is 2.31 bits per heavy atom.